The lowest BCUT2D eigenvalue weighted by Crippen LogP contribution is -2.30. The van der Waals surface area contributed by atoms with Crippen LogP contribution in [0.5, 0.6) is 0 Å². The number of allylic oxidation sites excluding steroid dienone is 2. The number of carbonyl (C=O) groups excluding carboxylic acids is 2. The Morgan fingerprint density at radius 1 is 0.889 bits per heavy atom. The highest BCUT2D eigenvalue weighted by molar-refractivity contribution is 7.89. The Balaban J connectivity index is 1.50. The molecule has 0 atom stereocenters. The smallest absolute Gasteiger partial charge is 0.343 e. The van der Waals surface area contributed by atoms with Crippen molar-refractivity contribution in [3.8, 4) is 0 Å². The normalized spacial score (nSPS) is 14.6. The topological polar surface area (TPSA) is 97.1 Å². The molecule has 0 N–H and O–H groups in total. The van der Waals surface area contributed by atoms with Gasteiger partial charge in [-0.25, -0.2) is 13.2 Å². The molecule has 0 fully saturated rings. The van der Waals surface area contributed by atoms with Gasteiger partial charge in [-0.1, -0.05) is 64.7 Å². The van der Waals surface area contributed by atoms with Gasteiger partial charge in [-0.3, -0.25) is 4.79 Å². The number of ketones is 1. The number of esters is 1. The Kier molecular flexibility index (Phi) is 9.36. The molecule has 11 heteroatoms. The highest BCUT2D eigenvalue weighted by Gasteiger charge is 2.38. The lowest BCUT2D eigenvalue weighted by atomic mass is 10.1. The summed E-state index contributed by atoms with van der Waals surface area (Å²) in [6.45, 7) is 5.39. The first-order valence-electron chi connectivity index (χ1n) is 13.9. The Morgan fingerprint density at radius 2 is 1.53 bits per heavy atom. The molecule has 232 valence electrons. The molecule has 1 aromatic heterocycles. The third-order valence-corrected chi connectivity index (χ3v) is 9.92. The average Bonchev–Trinajstić information content (AvgIpc) is 3.55. The molecule has 2 heterocycles. The Hall–Kier alpha value is -4.15. The maximum Gasteiger partial charge on any atom is 0.343 e. The van der Waals surface area contributed by atoms with Crippen molar-refractivity contribution in [3.63, 3.8) is 0 Å². The number of Topliss-reactive ketones (excluding diaryl/α,β-unsaturated/α-hetero) is 1. The standard InChI is InChI=1S/C34H30Cl2N2O6S/c1-21-5-10-25(11-6-21)38-23(3)32(34(40)43-4)33(39)31(38)18-26-12-13-27(44-26)20-37(19-24-9-16-29(35)30(36)17-24)45(41,42)28-14-7-22(2)8-15-28/h5-18H,19-20H2,1-4H3/b31-18+. The Morgan fingerprint density at radius 3 is 2.16 bits per heavy atom. The summed E-state index contributed by atoms with van der Waals surface area (Å²) >= 11 is 12.3. The number of rotatable bonds is 9. The van der Waals surface area contributed by atoms with Gasteiger partial charge in [0, 0.05) is 24.0 Å². The van der Waals surface area contributed by atoms with Crippen LogP contribution in [-0.2, 0) is 37.4 Å². The monoisotopic (exact) mass is 664 g/mol. The van der Waals surface area contributed by atoms with Crippen molar-refractivity contribution in [3.05, 3.63) is 134 Å². The van der Waals surface area contributed by atoms with E-state index in [1.807, 2.05) is 38.1 Å². The molecule has 3 aromatic carbocycles. The van der Waals surface area contributed by atoms with Crippen molar-refractivity contribution in [1.29, 1.82) is 0 Å². The molecular weight excluding hydrogens is 635 g/mol. The van der Waals surface area contributed by atoms with Crippen LogP contribution in [0, 0.1) is 13.8 Å². The maximum absolute atomic E-state index is 13.8. The lowest BCUT2D eigenvalue weighted by molar-refractivity contribution is -0.137. The highest BCUT2D eigenvalue weighted by atomic mass is 35.5. The van der Waals surface area contributed by atoms with E-state index in [1.54, 1.807) is 66.4 Å². The predicted octanol–water partition coefficient (Wildman–Crippen LogP) is 7.47. The zero-order valence-corrected chi connectivity index (χ0v) is 27.3. The van der Waals surface area contributed by atoms with Crippen LogP contribution in [0.15, 0.2) is 105 Å². The molecule has 1 aliphatic rings. The number of nitrogens with zero attached hydrogens (tertiary/aromatic N) is 2. The molecule has 0 aliphatic carbocycles. The summed E-state index contributed by atoms with van der Waals surface area (Å²) in [5.41, 5.74) is 3.81. The minimum absolute atomic E-state index is 0.00445. The van der Waals surface area contributed by atoms with Gasteiger partial charge in [0.25, 0.3) is 0 Å². The van der Waals surface area contributed by atoms with Crippen LogP contribution in [0.2, 0.25) is 10.0 Å². The summed E-state index contributed by atoms with van der Waals surface area (Å²) in [5, 5.41) is 0.668. The molecular formula is C34H30Cl2N2O6S. The zero-order valence-electron chi connectivity index (χ0n) is 25.0. The summed E-state index contributed by atoms with van der Waals surface area (Å²) in [6, 6.07) is 22.3. The number of anilines is 1. The number of aryl methyl sites for hydroxylation is 2. The van der Waals surface area contributed by atoms with Gasteiger partial charge in [-0.05, 0) is 74.9 Å². The van der Waals surface area contributed by atoms with Gasteiger partial charge in [0.05, 0.1) is 34.3 Å². The molecule has 0 spiro atoms. The number of benzene rings is 3. The molecule has 8 nitrogen and oxygen atoms in total. The van der Waals surface area contributed by atoms with Crippen LogP contribution in [-0.4, -0.2) is 31.6 Å². The van der Waals surface area contributed by atoms with Gasteiger partial charge in [0.2, 0.25) is 15.8 Å². The number of sulfonamides is 1. The summed E-state index contributed by atoms with van der Waals surface area (Å²) < 4.78 is 39.9. The first kappa shape index (κ1) is 32.2. The van der Waals surface area contributed by atoms with Crippen LogP contribution < -0.4 is 4.90 Å². The SMILES string of the molecule is COC(=O)C1=C(C)N(c2ccc(C)cc2)/C(=C/c2ccc(CN(Cc3ccc(Cl)c(Cl)c3)S(=O)(=O)c3ccc(C)cc3)o2)C1=O. The number of hydrogen-bond acceptors (Lipinski definition) is 7. The minimum atomic E-state index is -3.97. The molecule has 0 bridgehead atoms. The third-order valence-electron chi connectivity index (χ3n) is 7.37. The van der Waals surface area contributed by atoms with Crippen LogP contribution in [0.4, 0.5) is 5.69 Å². The molecule has 0 unspecified atom stereocenters. The average molecular weight is 666 g/mol. The van der Waals surface area contributed by atoms with Gasteiger partial charge in [-0.15, -0.1) is 0 Å². The van der Waals surface area contributed by atoms with E-state index in [0.29, 0.717) is 38.5 Å². The third kappa shape index (κ3) is 6.77. The number of halogens is 2. The van der Waals surface area contributed by atoms with Crippen molar-refractivity contribution < 1.29 is 27.2 Å². The Bertz CT molecular complexity index is 1940. The van der Waals surface area contributed by atoms with E-state index in [1.165, 1.54) is 17.5 Å². The van der Waals surface area contributed by atoms with E-state index in [9.17, 15) is 18.0 Å². The molecule has 4 aromatic rings. The fourth-order valence-electron chi connectivity index (χ4n) is 4.98. The van der Waals surface area contributed by atoms with E-state index >= 15 is 0 Å². The van der Waals surface area contributed by atoms with Crippen molar-refractivity contribution in [2.24, 2.45) is 0 Å². The quantitative estimate of drug-likeness (QED) is 0.104. The molecule has 0 radical (unpaired) electrons. The van der Waals surface area contributed by atoms with E-state index in [4.69, 9.17) is 32.4 Å². The molecule has 0 amide bonds. The van der Waals surface area contributed by atoms with Gasteiger partial charge in [0.15, 0.2) is 0 Å². The number of methoxy groups -OCH3 is 1. The second kappa shape index (κ2) is 13.1. The Labute approximate surface area is 272 Å². The molecule has 0 saturated heterocycles. The van der Waals surface area contributed by atoms with E-state index in [2.05, 4.69) is 0 Å². The lowest BCUT2D eigenvalue weighted by Gasteiger charge is -2.22. The first-order chi connectivity index (χ1) is 21.4. The number of hydrogen-bond donors (Lipinski definition) is 0. The van der Waals surface area contributed by atoms with E-state index < -0.39 is 21.8 Å². The van der Waals surface area contributed by atoms with Gasteiger partial charge < -0.3 is 14.1 Å². The van der Waals surface area contributed by atoms with Crippen LogP contribution >= 0.6 is 23.2 Å². The van der Waals surface area contributed by atoms with Crippen molar-refractivity contribution in [1.82, 2.24) is 4.31 Å². The summed E-state index contributed by atoms with van der Waals surface area (Å²) in [6.07, 6.45) is 1.53. The molecule has 1 aliphatic heterocycles. The zero-order chi connectivity index (χ0) is 32.5. The second-order valence-corrected chi connectivity index (χ2v) is 13.4. The largest absolute Gasteiger partial charge is 0.465 e. The van der Waals surface area contributed by atoms with Gasteiger partial charge in [-0.2, -0.15) is 4.31 Å². The first-order valence-corrected chi connectivity index (χ1v) is 16.1. The number of ether oxygens (including phenoxy) is 1. The molecule has 5 rings (SSSR count). The number of furan rings is 1. The summed E-state index contributed by atoms with van der Waals surface area (Å²) in [4.78, 5) is 27.9. The van der Waals surface area contributed by atoms with Crippen molar-refractivity contribution >= 4 is 56.7 Å². The number of carbonyl (C=O) groups is 2. The highest BCUT2D eigenvalue weighted by Crippen LogP contribution is 2.36. The van der Waals surface area contributed by atoms with E-state index in [-0.39, 0.29) is 29.3 Å². The minimum Gasteiger partial charge on any atom is -0.465 e. The van der Waals surface area contributed by atoms with Gasteiger partial charge in [0.1, 0.15) is 17.1 Å². The fraction of sp³-hybridized carbons (Fsp3) is 0.176. The van der Waals surface area contributed by atoms with Crippen LogP contribution in [0.25, 0.3) is 6.08 Å². The van der Waals surface area contributed by atoms with Crippen LogP contribution in [0.3, 0.4) is 0 Å². The van der Waals surface area contributed by atoms with Crippen LogP contribution in [0.1, 0.15) is 35.1 Å². The van der Waals surface area contributed by atoms with Crippen molar-refractivity contribution in [2.75, 3.05) is 12.0 Å². The summed E-state index contributed by atoms with van der Waals surface area (Å²) in [7, 11) is -2.75. The summed E-state index contributed by atoms with van der Waals surface area (Å²) in [5.74, 6) is -0.618. The van der Waals surface area contributed by atoms with Crippen molar-refractivity contribution in [2.45, 2.75) is 38.8 Å². The van der Waals surface area contributed by atoms with Gasteiger partial charge >= 0.3 is 5.97 Å². The molecule has 45 heavy (non-hydrogen) atoms. The predicted molar refractivity (Wildman–Crippen MR) is 174 cm³/mol. The second-order valence-electron chi connectivity index (χ2n) is 10.6. The maximum atomic E-state index is 13.8. The fourth-order valence-corrected chi connectivity index (χ4v) is 6.69. The molecule has 0 saturated carbocycles. The van der Waals surface area contributed by atoms with E-state index in [0.717, 1.165) is 11.1 Å².